The summed E-state index contributed by atoms with van der Waals surface area (Å²) < 4.78 is 19.2. The Kier molecular flexibility index (Phi) is 9.46. The maximum Gasteiger partial charge on any atom is 0.308 e. The fraction of sp³-hybridized carbons (Fsp3) is 0.212. The van der Waals surface area contributed by atoms with Gasteiger partial charge in [-0.2, -0.15) is 0 Å². The number of carbonyl (C=O) groups excluding carboxylic acids is 2. The molecule has 44 heavy (non-hydrogen) atoms. The molecule has 1 amide bonds. The van der Waals surface area contributed by atoms with Crippen molar-refractivity contribution in [3.63, 3.8) is 0 Å². The fourth-order valence-electron chi connectivity index (χ4n) is 4.89. The van der Waals surface area contributed by atoms with Crippen LogP contribution >= 0.6 is 27.3 Å². The van der Waals surface area contributed by atoms with Crippen molar-refractivity contribution < 1.29 is 23.8 Å². The first-order valence-electron chi connectivity index (χ1n) is 14.0. The number of esters is 1. The zero-order chi connectivity index (χ0) is 31.4. The largest absolute Gasteiger partial charge is 0.494 e. The van der Waals surface area contributed by atoms with E-state index in [2.05, 4.69) is 21.2 Å². The van der Waals surface area contributed by atoms with Gasteiger partial charge in [0.25, 0.3) is 11.5 Å². The molecule has 0 saturated carbocycles. The molecule has 0 radical (unpaired) electrons. The second-order valence-electron chi connectivity index (χ2n) is 9.76. The maximum atomic E-state index is 14.1. The summed E-state index contributed by atoms with van der Waals surface area (Å²) >= 11 is 4.69. The number of fused-ring (bicyclic) bond motifs is 1. The van der Waals surface area contributed by atoms with Gasteiger partial charge in [-0.1, -0.05) is 41.7 Å². The third-order valence-corrected chi connectivity index (χ3v) is 8.25. The highest BCUT2D eigenvalue weighted by Gasteiger charge is 2.32. The van der Waals surface area contributed by atoms with E-state index in [1.54, 1.807) is 41.8 Å². The fourth-order valence-corrected chi connectivity index (χ4v) is 6.48. The Balaban J connectivity index is 1.65. The van der Waals surface area contributed by atoms with Gasteiger partial charge in [0, 0.05) is 12.6 Å². The van der Waals surface area contributed by atoms with E-state index < -0.39 is 12.0 Å². The number of nitrogens with one attached hydrogen (secondary N) is 1. The van der Waals surface area contributed by atoms with E-state index in [1.807, 2.05) is 56.3 Å². The van der Waals surface area contributed by atoms with Gasteiger partial charge in [0.05, 0.1) is 39.5 Å². The molecule has 9 nitrogen and oxygen atoms in total. The predicted molar refractivity (Wildman–Crippen MR) is 173 cm³/mol. The van der Waals surface area contributed by atoms with Crippen molar-refractivity contribution in [1.82, 2.24) is 4.57 Å². The third-order valence-electron chi connectivity index (χ3n) is 6.68. The van der Waals surface area contributed by atoms with Gasteiger partial charge in [0.2, 0.25) is 0 Å². The van der Waals surface area contributed by atoms with Crippen LogP contribution in [0, 0.1) is 0 Å². The lowest BCUT2D eigenvalue weighted by Gasteiger charge is -2.25. The number of nitrogens with zero attached hydrogens (tertiary/aromatic N) is 2. The van der Waals surface area contributed by atoms with Crippen LogP contribution in [0.4, 0.5) is 5.69 Å². The number of carbonyl (C=O) groups is 2. The normalized spacial score (nSPS) is 14.5. The molecule has 1 atom stereocenters. The highest BCUT2D eigenvalue weighted by atomic mass is 79.9. The second-order valence-corrected chi connectivity index (χ2v) is 11.6. The van der Waals surface area contributed by atoms with Crippen LogP contribution in [-0.2, 0) is 9.59 Å². The van der Waals surface area contributed by atoms with E-state index in [0.29, 0.717) is 61.0 Å². The van der Waals surface area contributed by atoms with Crippen molar-refractivity contribution in [2.24, 2.45) is 4.99 Å². The van der Waals surface area contributed by atoms with E-state index in [4.69, 9.17) is 19.2 Å². The van der Waals surface area contributed by atoms with Gasteiger partial charge < -0.3 is 19.5 Å². The van der Waals surface area contributed by atoms with Crippen molar-refractivity contribution in [3.05, 3.63) is 113 Å². The van der Waals surface area contributed by atoms with Crippen molar-refractivity contribution in [3.8, 4) is 17.2 Å². The number of aromatic nitrogens is 1. The molecular weight excluding hydrogens is 646 g/mol. The van der Waals surface area contributed by atoms with Crippen LogP contribution in [0.25, 0.3) is 6.08 Å². The van der Waals surface area contributed by atoms with Gasteiger partial charge in [-0.15, -0.1) is 0 Å². The Bertz CT molecular complexity index is 1930. The van der Waals surface area contributed by atoms with Crippen molar-refractivity contribution in [1.29, 1.82) is 0 Å². The number of halogens is 1. The van der Waals surface area contributed by atoms with Crippen molar-refractivity contribution >= 4 is 50.9 Å². The lowest BCUT2D eigenvalue weighted by atomic mass is 9.95. The number of allylic oxidation sites excluding steroid dienone is 1. The molecule has 0 bridgehead atoms. The number of thiazole rings is 1. The molecule has 1 aromatic heterocycles. The average Bonchev–Trinajstić information content (AvgIpc) is 3.29. The topological polar surface area (TPSA) is 108 Å². The Morgan fingerprint density at radius 1 is 1.05 bits per heavy atom. The minimum Gasteiger partial charge on any atom is -0.494 e. The molecule has 4 aromatic rings. The van der Waals surface area contributed by atoms with E-state index in [0.717, 1.165) is 5.56 Å². The number of hydrogen-bond acceptors (Lipinski definition) is 8. The molecule has 1 aliphatic rings. The summed E-state index contributed by atoms with van der Waals surface area (Å²) in [6.45, 7) is 7.68. The van der Waals surface area contributed by atoms with Gasteiger partial charge in [-0.25, -0.2) is 4.99 Å². The third kappa shape index (κ3) is 6.53. The van der Waals surface area contributed by atoms with Gasteiger partial charge in [0.15, 0.2) is 16.3 Å². The van der Waals surface area contributed by atoms with E-state index >= 15 is 0 Å². The Hall–Kier alpha value is -4.48. The second kappa shape index (κ2) is 13.4. The number of ether oxygens (including phenoxy) is 3. The van der Waals surface area contributed by atoms with Crippen molar-refractivity contribution in [2.45, 2.75) is 33.7 Å². The summed E-state index contributed by atoms with van der Waals surface area (Å²) in [5, 5.41) is 2.96. The predicted octanol–water partition coefficient (Wildman–Crippen LogP) is 5.36. The van der Waals surface area contributed by atoms with Crippen LogP contribution < -0.4 is 34.4 Å². The molecule has 0 spiro atoms. The molecule has 0 aliphatic carbocycles. The van der Waals surface area contributed by atoms with Gasteiger partial charge in [0.1, 0.15) is 5.75 Å². The van der Waals surface area contributed by atoms with Crippen LogP contribution in [0.2, 0.25) is 0 Å². The maximum absolute atomic E-state index is 14.1. The molecule has 226 valence electrons. The molecule has 11 heteroatoms. The smallest absolute Gasteiger partial charge is 0.308 e. The summed E-state index contributed by atoms with van der Waals surface area (Å²) in [6.07, 6.45) is 1.73. The van der Waals surface area contributed by atoms with Crippen LogP contribution in [0.1, 0.15) is 44.9 Å². The van der Waals surface area contributed by atoms with Crippen LogP contribution in [-0.4, -0.2) is 29.7 Å². The molecule has 5 rings (SSSR count). The zero-order valence-electron chi connectivity index (χ0n) is 24.5. The first-order chi connectivity index (χ1) is 21.2. The number of hydrogen-bond donors (Lipinski definition) is 1. The van der Waals surface area contributed by atoms with Gasteiger partial charge >= 0.3 is 5.97 Å². The lowest BCUT2D eigenvalue weighted by Crippen LogP contribution is -2.40. The quantitative estimate of drug-likeness (QED) is 0.189. The minimum atomic E-state index is -0.732. The summed E-state index contributed by atoms with van der Waals surface area (Å²) in [5.74, 6) is 0.478. The number of anilines is 1. The monoisotopic (exact) mass is 675 g/mol. The molecule has 1 aliphatic heterocycles. The summed E-state index contributed by atoms with van der Waals surface area (Å²) in [5.41, 5.74) is 2.59. The molecule has 3 aromatic carbocycles. The number of amides is 1. The minimum absolute atomic E-state index is 0.262. The first kappa shape index (κ1) is 31.0. The molecular formula is C33H30BrN3O6S. The molecule has 1 N–H and O–H groups in total. The highest BCUT2D eigenvalue weighted by Crippen LogP contribution is 2.37. The van der Waals surface area contributed by atoms with Crippen LogP contribution in [0.3, 0.4) is 0 Å². The van der Waals surface area contributed by atoms with E-state index in [1.165, 1.54) is 18.3 Å². The molecule has 0 saturated heterocycles. The number of benzene rings is 3. The standard InChI is InChI=1S/C33H30BrN3O6S/c1-5-41-24-14-12-22(13-15-24)29-28(31(39)36-23-10-8-7-9-11-23)19(3)35-33-37(29)32(40)27(44-33)18-21-16-25(34)30(43-20(4)38)26(17-21)42-6-2/h7-18,29H,5-6H2,1-4H3,(H,36,39)/b27-18-/t29-/m1/s1. The lowest BCUT2D eigenvalue weighted by molar-refractivity contribution is -0.132. The summed E-state index contributed by atoms with van der Waals surface area (Å²) in [4.78, 5) is 44.7. The molecule has 2 heterocycles. The van der Waals surface area contributed by atoms with E-state index in [9.17, 15) is 14.4 Å². The summed E-state index contributed by atoms with van der Waals surface area (Å²) in [7, 11) is 0. The Morgan fingerprint density at radius 2 is 1.75 bits per heavy atom. The van der Waals surface area contributed by atoms with Crippen LogP contribution in [0.5, 0.6) is 17.2 Å². The Morgan fingerprint density at radius 3 is 2.41 bits per heavy atom. The Labute approximate surface area is 266 Å². The SMILES string of the molecule is CCOc1ccc([C@@H]2C(C(=O)Nc3ccccc3)=C(C)N=c3s/c(=C\c4cc(Br)c(OC(C)=O)c(OCC)c4)c(=O)n32)cc1. The summed E-state index contributed by atoms with van der Waals surface area (Å²) in [6, 6.07) is 19.2. The van der Waals surface area contributed by atoms with Gasteiger partial charge in [-0.05, 0) is 90.3 Å². The van der Waals surface area contributed by atoms with Crippen molar-refractivity contribution in [2.75, 3.05) is 18.5 Å². The number of rotatable bonds is 9. The van der Waals surface area contributed by atoms with Gasteiger partial charge in [-0.3, -0.25) is 19.0 Å². The van der Waals surface area contributed by atoms with Crippen LogP contribution in [0.15, 0.2) is 92.3 Å². The zero-order valence-corrected chi connectivity index (χ0v) is 27.0. The highest BCUT2D eigenvalue weighted by molar-refractivity contribution is 9.10. The average molecular weight is 677 g/mol. The molecule has 0 unspecified atom stereocenters. The van der Waals surface area contributed by atoms with E-state index in [-0.39, 0.29) is 17.2 Å². The molecule has 0 fully saturated rings. The number of para-hydroxylation sites is 1. The first-order valence-corrected chi connectivity index (χ1v) is 15.6.